The van der Waals surface area contributed by atoms with Gasteiger partial charge < -0.3 is 14.2 Å². The molecule has 0 saturated heterocycles. The Balaban J connectivity index is 1.87. The molecule has 0 atom stereocenters. The van der Waals surface area contributed by atoms with E-state index in [1.807, 2.05) is 32.9 Å². The van der Waals surface area contributed by atoms with E-state index in [0.717, 1.165) is 5.56 Å². The Morgan fingerprint density at radius 1 is 0.852 bits per heavy atom. The predicted molar refractivity (Wildman–Crippen MR) is 101 cm³/mol. The SMILES string of the molecule is CCOc1ccc(C(=O)NNC(=O)COc2ccc(C)cc2)cc1OCC. The minimum atomic E-state index is -0.472. The molecule has 7 heteroatoms. The summed E-state index contributed by atoms with van der Waals surface area (Å²) in [5.74, 6) is 0.671. The topological polar surface area (TPSA) is 85.9 Å². The number of rotatable bonds is 8. The Kier molecular flexibility index (Phi) is 7.49. The van der Waals surface area contributed by atoms with Crippen LogP contribution in [0, 0.1) is 6.92 Å². The van der Waals surface area contributed by atoms with Gasteiger partial charge in [0, 0.05) is 5.56 Å². The molecule has 2 aromatic rings. The standard InChI is InChI=1S/C20H24N2O5/c1-4-25-17-11-8-15(12-18(17)26-5-2)20(24)22-21-19(23)13-27-16-9-6-14(3)7-10-16/h6-12H,4-5,13H2,1-3H3,(H,21,23)(H,22,24). The van der Waals surface area contributed by atoms with Gasteiger partial charge >= 0.3 is 0 Å². The Bertz CT molecular complexity index is 774. The summed E-state index contributed by atoms with van der Waals surface area (Å²) in [7, 11) is 0. The zero-order chi connectivity index (χ0) is 19.6. The second-order valence-corrected chi connectivity index (χ2v) is 5.63. The number of aryl methyl sites for hydroxylation is 1. The highest BCUT2D eigenvalue weighted by Gasteiger charge is 2.12. The van der Waals surface area contributed by atoms with Crippen molar-refractivity contribution in [3.05, 3.63) is 53.6 Å². The van der Waals surface area contributed by atoms with E-state index in [2.05, 4.69) is 10.9 Å². The number of benzene rings is 2. The van der Waals surface area contributed by atoms with Crippen molar-refractivity contribution in [3.8, 4) is 17.2 Å². The van der Waals surface area contributed by atoms with Crippen LogP contribution in [0.1, 0.15) is 29.8 Å². The Hall–Kier alpha value is -3.22. The fraction of sp³-hybridized carbons (Fsp3) is 0.300. The van der Waals surface area contributed by atoms with Crippen molar-refractivity contribution in [2.75, 3.05) is 19.8 Å². The van der Waals surface area contributed by atoms with E-state index in [4.69, 9.17) is 14.2 Å². The van der Waals surface area contributed by atoms with Crippen LogP contribution in [0.3, 0.4) is 0 Å². The predicted octanol–water partition coefficient (Wildman–Crippen LogP) is 2.63. The molecule has 0 aromatic heterocycles. The normalized spacial score (nSPS) is 10.0. The number of hydrogen-bond acceptors (Lipinski definition) is 5. The first-order chi connectivity index (χ1) is 13.0. The molecule has 2 aromatic carbocycles. The van der Waals surface area contributed by atoms with Gasteiger partial charge in [-0.15, -0.1) is 0 Å². The lowest BCUT2D eigenvalue weighted by Crippen LogP contribution is -2.43. The summed E-state index contributed by atoms with van der Waals surface area (Å²) in [5, 5.41) is 0. The molecule has 2 rings (SSSR count). The van der Waals surface area contributed by atoms with Gasteiger partial charge in [0.25, 0.3) is 11.8 Å². The Labute approximate surface area is 158 Å². The van der Waals surface area contributed by atoms with Crippen LogP contribution in [0.2, 0.25) is 0 Å². The zero-order valence-electron chi connectivity index (χ0n) is 15.7. The van der Waals surface area contributed by atoms with Crippen LogP contribution in [0.15, 0.2) is 42.5 Å². The highest BCUT2D eigenvalue weighted by atomic mass is 16.5. The lowest BCUT2D eigenvalue weighted by atomic mass is 10.2. The van der Waals surface area contributed by atoms with E-state index in [9.17, 15) is 9.59 Å². The molecule has 27 heavy (non-hydrogen) atoms. The van der Waals surface area contributed by atoms with Crippen LogP contribution in [0.25, 0.3) is 0 Å². The van der Waals surface area contributed by atoms with Crippen molar-refractivity contribution >= 4 is 11.8 Å². The summed E-state index contributed by atoms with van der Waals surface area (Å²) >= 11 is 0. The summed E-state index contributed by atoms with van der Waals surface area (Å²) in [5.41, 5.74) is 6.10. The number of nitrogens with one attached hydrogen (secondary N) is 2. The minimum Gasteiger partial charge on any atom is -0.490 e. The molecule has 0 bridgehead atoms. The molecular formula is C20H24N2O5. The van der Waals surface area contributed by atoms with Gasteiger partial charge in [0.1, 0.15) is 5.75 Å². The van der Waals surface area contributed by atoms with Crippen LogP contribution in [-0.2, 0) is 4.79 Å². The maximum absolute atomic E-state index is 12.2. The smallest absolute Gasteiger partial charge is 0.276 e. The number of carbonyl (C=O) groups excluding carboxylic acids is 2. The van der Waals surface area contributed by atoms with Crippen molar-refractivity contribution < 1.29 is 23.8 Å². The number of ether oxygens (including phenoxy) is 3. The van der Waals surface area contributed by atoms with Crippen LogP contribution in [0.4, 0.5) is 0 Å². The third kappa shape index (κ3) is 6.22. The van der Waals surface area contributed by atoms with Gasteiger partial charge in [0.15, 0.2) is 18.1 Å². The first-order valence-corrected chi connectivity index (χ1v) is 8.71. The van der Waals surface area contributed by atoms with E-state index in [0.29, 0.717) is 36.0 Å². The third-order valence-corrected chi connectivity index (χ3v) is 3.51. The molecule has 0 heterocycles. The van der Waals surface area contributed by atoms with Gasteiger partial charge in [0.05, 0.1) is 13.2 Å². The van der Waals surface area contributed by atoms with Gasteiger partial charge in [-0.25, -0.2) is 0 Å². The third-order valence-electron chi connectivity index (χ3n) is 3.51. The molecule has 2 N–H and O–H groups in total. The second kappa shape index (κ2) is 10.1. The largest absolute Gasteiger partial charge is 0.490 e. The van der Waals surface area contributed by atoms with Gasteiger partial charge in [-0.3, -0.25) is 20.4 Å². The second-order valence-electron chi connectivity index (χ2n) is 5.63. The Morgan fingerprint density at radius 3 is 2.19 bits per heavy atom. The monoisotopic (exact) mass is 372 g/mol. The molecule has 0 aliphatic heterocycles. The van der Waals surface area contributed by atoms with E-state index >= 15 is 0 Å². The molecule has 0 aliphatic carbocycles. The number of hydrogen-bond donors (Lipinski definition) is 2. The summed E-state index contributed by atoms with van der Waals surface area (Å²) in [6.45, 7) is 6.39. The summed E-state index contributed by atoms with van der Waals surface area (Å²) in [6.07, 6.45) is 0. The quantitative estimate of drug-likeness (QED) is 0.696. The van der Waals surface area contributed by atoms with Crippen molar-refractivity contribution in [3.63, 3.8) is 0 Å². The minimum absolute atomic E-state index is 0.211. The molecule has 0 aliphatic rings. The molecule has 0 radical (unpaired) electrons. The van der Waals surface area contributed by atoms with Crippen LogP contribution in [-0.4, -0.2) is 31.6 Å². The average Bonchev–Trinajstić information content (AvgIpc) is 2.67. The number of amides is 2. The first-order valence-electron chi connectivity index (χ1n) is 8.71. The number of carbonyl (C=O) groups is 2. The summed E-state index contributed by atoms with van der Waals surface area (Å²) in [6, 6.07) is 12.1. The molecule has 2 amide bonds. The fourth-order valence-electron chi connectivity index (χ4n) is 2.21. The maximum Gasteiger partial charge on any atom is 0.276 e. The highest BCUT2D eigenvalue weighted by molar-refractivity contribution is 5.96. The van der Waals surface area contributed by atoms with Crippen molar-refractivity contribution in [1.29, 1.82) is 0 Å². The van der Waals surface area contributed by atoms with Crippen LogP contribution < -0.4 is 25.1 Å². The first kappa shape index (κ1) is 20.1. The van der Waals surface area contributed by atoms with Crippen molar-refractivity contribution in [2.24, 2.45) is 0 Å². The molecule has 0 saturated carbocycles. The van der Waals surface area contributed by atoms with Gasteiger partial charge in [-0.1, -0.05) is 17.7 Å². The summed E-state index contributed by atoms with van der Waals surface area (Å²) in [4.78, 5) is 24.1. The fourth-order valence-corrected chi connectivity index (χ4v) is 2.21. The van der Waals surface area contributed by atoms with Gasteiger partial charge in [-0.2, -0.15) is 0 Å². The zero-order valence-corrected chi connectivity index (χ0v) is 15.7. The van der Waals surface area contributed by atoms with Crippen molar-refractivity contribution in [2.45, 2.75) is 20.8 Å². The number of hydrazine groups is 1. The van der Waals surface area contributed by atoms with Crippen LogP contribution >= 0.6 is 0 Å². The molecule has 144 valence electrons. The highest BCUT2D eigenvalue weighted by Crippen LogP contribution is 2.28. The van der Waals surface area contributed by atoms with E-state index in [1.165, 1.54) is 0 Å². The summed E-state index contributed by atoms with van der Waals surface area (Å²) < 4.78 is 16.3. The molecule has 0 fully saturated rings. The van der Waals surface area contributed by atoms with Gasteiger partial charge in [0.2, 0.25) is 0 Å². The van der Waals surface area contributed by atoms with E-state index < -0.39 is 11.8 Å². The molecule has 0 spiro atoms. The molecule has 7 nitrogen and oxygen atoms in total. The molecule has 0 unspecified atom stereocenters. The van der Waals surface area contributed by atoms with Gasteiger partial charge in [-0.05, 0) is 51.1 Å². The van der Waals surface area contributed by atoms with E-state index in [-0.39, 0.29) is 6.61 Å². The van der Waals surface area contributed by atoms with Crippen LogP contribution in [0.5, 0.6) is 17.2 Å². The molecular weight excluding hydrogens is 348 g/mol. The van der Waals surface area contributed by atoms with E-state index in [1.54, 1.807) is 30.3 Å². The average molecular weight is 372 g/mol. The lowest BCUT2D eigenvalue weighted by molar-refractivity contribution is -0.123. The Morgan fingerprint density at radius 2 is 1.52 bits per heavy atom. The lowest BCUT2D eigenvalue weighted by Gasteiger charge is -2.13. The van der Waals surface area contributed by atoms with Crippen molar-refractivity contribution in [1.82, 2.24) is 10.9 Å². The maximum atomic E-state index is 12.2.